The first-order valence-electron chi connectivity index (χ1n) is 6.60. The van der Waals surface area contributed by atoms with Crippen molar-refractivity contribution in [3.63, 3.8) is 0 Å². The fourth-order valence-corrected chi connectivity index (χ4v) is 3.04. The van der Waals surface area contributed by atoms with Crippen LogP contribution in [0.3, 0.4) is 0 Å². The third-order valence-corrected chi connectivity index (χ3v) is 4.52. The van der Waals surface area contributed by atoms with E-state index in [-0.39, 0.29) is 5.75 Å². The highest BCUT2D eigenvalue weighted by Gasteiger charge is 2.23. The molecule has 0 bridgehead atoms. The van der Waals surface area contributed by atoms with Crippen LogP contribution in [0.15, 0.2) is 5.16 Å². The van der Waals surface area contributed by atoms with E-state index in [0.717, 1.165) is 25.0 Å². The fourth-order valence-electron chi connectivity index (χ4n) is 2.41. The van der Waals surface area contributed by atoms with E-state index in [1.807, 2.05) is 11.6 Å². The van der Waals surface area contributed by atoms with Crippen LogP contribution in [0.25, 0.3) is 0 Å². The number of hydrogen-bond acceptors (Lipinski definition) is 5. The molecule has 0 aliphatic carbocycles. The summed E-state index contributed by atoms with van der Waals surface area (Å²) < 4.78 is 1.89. The zero-order chi connectivity index (χ0) is 13.8. The van der Waals surface area contributed by atoms with Crippen molar-refractivity contribution in [3.05, 3.63) is 0 Å². The standard InChI is InChI=1S/C12H20N4O2S/c1-3-9-5-4-6-16(7-9)11-13-14-12(15(11)2)19-8-10(17)18/h9H,3-8H2,1-2H3,(H,17,18). The summed E-state index contributed by atoms with van der Waals surface area (Å²) in [6, 6.07) is 0. The predicted octanol–water partition coefficient (Wildman–Crippen LogP) is 1.62. The normalized spacial score (nSPS) is 19.7. The van der Waals surface area contributed by atoms with Crippen LogP contribution in [0.5, 0.6) is 0 Å². The Morgan fingerprint density at radius 2 is 2.32 bits per heavy atom. The summed E-state index contributed by atoms with van der Waals surface area (Å²) in [6.07, 6.45) is 3.66. The monoisotopic (exact) mass is 284 g/mol. The summed E-state index contributed by atoms with van der Waals surface area (Å²) in [6.45, 7) is 4.25. The lowest BCUT2D eigenvalue weighted by Gasteiger charge is -2.32. The molecular formula is C12H20N4O2S. The Balaban J connectivity index is 2.06. The SMILES string of the molecule is CCC1CCCN(c2nnc(SCC(=O)O)n2C)C1. The van der Waals surface area contributed by atoms with E-state index in [1.54, 1.807) is 0 Å². The van der Waals surface area contributed by atoms with Crippen LogP contribution in [0.2, 0.25) is 0 Å². The number of piperidine rings is 1. The van der Waals surface area contributed by atoms with Gasteiger partial charge in [0.05, 0.1) is 5.75 Å². The minimum absolute atomic E-state index is 0.0174. The van der Waals surface area contributed by atoms with Gasteiger partial charge < -0.3 is 10.0 Å². The highest BCUT2D eigenvalue weighted by molar-refractivity contribution is 7.99. The Hall–Kier alpha value is -1.24. The van der Waals surface area contributed by atoms with Crippen molar-refractivity contribution in [3.8, 4) is 0 Å². The quantitative estimate of drug-likeness (QED) is 0.828. The van der Waals surface area contributed by atoms with Crippen LogP contribution >= 0.6 is 11.8 Å². The van der Waals surface area contributed by atoms with Crippen LogP contribution in [0.4, 0.5) is 5.95 Å². The van der Waals surface area contributed by atoms with E-state index in [9.17, 15) is 4.79 Å². The molecular weight excluding hydrogens is 264 g/mol. The minimum atomic E-state index is -0.835. The molecule has 0 aromatic carbocycles. The third kappa shape index (κ3) is 3.40. The summed E-state index contributed by atoms with van der Waals surface area (Å²) in [5.41, 5.74) is 0. The zero-order valence-corrected chi connectivity index (χ0v) is 12.2. The van der Waals surface area contributed by atoms with Crippen molar-refractivity contribution in [2.45, 2.75) is 31.3 Å². The summed E-state index contributed by atoms with van der Waals surface area (Å²) in [5, 5.41) is 17.7. The highest BCUT2D eigenvalue weighted by Crippen LogP contribution is 2.25. The Morgan fingerprint density at radius 3 is 3.00 bits per heavy atom. The number of aromatic nitrogens is 3. The van der Waals surface area contributed by atoms with Gasteiger partial charge in [0.1, 0.15) is 0 Å². The van der Waals surface area contributed by atoms with Gasteiger partial charge in [-0.25, -0.2) is 0 Å². The molecule has 0 amide bonds. The van der Waals surface area contributed by atoms with Crippen LogP contribution in [-0.2, 0) is 11.8 Å². The number of aliphatic carboxylic acids is 1. The van der Waals surface area contributed by atoms with Crippen molar-refractivity contribution in [1.82, 2.24) is 14.8 Å². The van der Waals surface area contributed by atoms with Gasteiger partial charge in [-0.05, 0) is 18.8 Å². The molecule has 19 heavy (non-hydrogen) atoms. The van der Waals surface area contributed by atoms with Gasteiger partial charge in [0.15, 0.2) is 5.16 Å². The van der Waals surface area contributed by atoms with Crippen molar-refractivity contribution >= 4 is 23.7 Å². The minimum Gasteiger partial charge on any atom is -0.481 e. The third-order valence-electron chi connectivity index (χ3n) is 3.52. The fraction of sp³-hybridized carbons (Fsp3) is 0.750. The largest absolute Gasteiger partial charge is 0.481 e. The molecule has 2 heterocycles. The van der Waals surface area contributed by atoms with Crippen molar-refractivity contribution in [2.75, 3.05) is 23.7 Å². The second-order valence-corrected chi connectivity index (χ2v) is 5.83. The van der Waals surface area contributed by atoms with E-state index < -0.39 is 5.97 Å². The van der Waals surface area contributed by atoms with Gasteiger partial charge in [0, 0.05) is 20.1 Å². The van der Waals surface area contributed by atoms with Crippen LogP contribution in [0.1, 0.15) is 26.2 Å². The maximum Gasteiger partial charge on any atom is 0.313 e. The summed E-state index contributed by atoms with van der Waals surface area (Å²) in [5.74, 6) is 0.758. The lowest BCUT2D eigenvalue weighted by atomic mass is 9.96. The first-order chi connectivity index (χ1) is 9.11. The van der Waals surface area contributed by atoms with E-state index in [2.05, 4.69) is 22.0 Å². The number of carboxylic acids is 1. The molecule has 1 aliphatic rings. The smallest absolute Gasteiger partial charge is 0.313 e. The molecule has 7 heteroatoms. The molecule has 0 saturated carbocycles. The summed E-state index contributed by atoms with van der Waals surface area (Å²) >= 11 is 1.21. The maximum absolute atomic E-state index is 10.6. The van der Waals surface area contributed by atoms with Gasteiger partial charge in [-0.1, -0.05) is 25.1 Å². The Labute approximate surface area is 117 Å². The van der Waals surface area contributed by atoms with Crippen molar-refractivity contribution in [1.29, 1.82) is 0 Å². The lowest BCUT2D eigenvalue weighted by Crippen LogP contribution is -2.36. The summed E-state index contributed by atoms with van der Waals surface area (Å²) in [7, 11) is 1.90. The number of hydrogen-bond donors (Lipinski definition) is 1. The van der Waals surface area contributed by atoms with Crippen molar-refractivity contribution in [2.24, 2.45) is 13.0 Å². The molecule has 1 unspecified atom stereocenters. The van der Waals surface area contributed by atoms with Gasteiger partial charge in [0.2, 0.25) is 5.95 Å². The lowest BCUT2D eigenvalue weighted by molar-refractivity contribution is -0.133. The van der Waals surface area contributed by atoms with Crippen LogP contribution < -0.4 is 4.90 Å². The molecule has 106 valence electrons. The molecule has 1 aromatic rings. The number of rotatable bonds is 5. The van der Waals surface area contributed by atoms with Crippen LogP contribution in [-0.4, -0.2) is 44.7 Å². The predicted molar refractivity (Wildman–Crippen MR) is 74.6 cm³/mol. The van der Waals surface area contributed by atoms with Gasteiger partial charge in [-0.2, -0.15) is 0 Å². The topological polar surface area (TPSA) is 71.2 Å². The second-order valence-electron chi connectivity index (χ2n) is 4.89. The molecule has 1 aromatic heterocycles. The van der Waals surface area contributed by atoms with E-state index in [1.165, 1.54) is 31.0 Å². The number of carboxylic acid groups (broad SMARTS) is 1. The molecule has 1 aliphatic heterocycles. The number of anilines is 1. The van der Waals surface area contributed by atoms with Gasteiger partial charge >= 0.3 is 5.97 Å². The number of nitrogens with zero attached hydrogens (tertiary/aromatic N) is 4. The second kappa shape index (κ2) is 6.27. The molecule has 1 saturated heterocycles. The molecule has 1 N–H and O–H groups in total. The molecule has 1 atom stereocenters. The molecule has 0 radical (unpaired) electrons. The first-order valence-corrected chi connectivity index (χ1v) is 7.59. The zero-order valence-electron chi connectivity index (χ0n) is 11.4. The highest BCUT2D eigenvalue weighted by atomic mass is 32.2. The average Bonchev–Trinajstić information content (AvgIpc) is 2.78. The first kappa shape index (κ1) is 14.2. The number of thioether (sulfide) groups is 1. The molecule has 2 rings (SSSR count). The van der Waals surface area contributed by atoms with Crippen LogP contribution in [0, 0.1) is 5.92 Å². The Bertz CT molecular complexity index is 449. The van der Waals surface area contributed by atoms with E-state index in [0.29, 0.717) is 5.16 Å². The van der Waals surface area contributed by atoms with Gasteiger partial charge in [-0.15, -0.1) is 10.2 Å². The van der Waals surface area contributed by atoms with Gasteiger partial charge in [0.25, 0.3) is 0 Å². The van der Waals surface area contributed by atoms with E-state index in [4.69, 9.17) is 5.11 Å². The van der Waals surface area contributed by atoms with Crippen molar-refractivity contribution < 1.29 is 9.90 Å². The maximum atomic E-state index is 10.6. The Morgan fingerprint density at radius 1 is 1.53 bits per heavy atom. The van der Waals surface area contributed by atoms with E-state index >= 15 is 0 Å². The molecule has 6 nitrogen and oxygen atoms in total. The summed E-state index contributed by atoms with van der Waals surface area (Å²) in [4.78, 5) is 12.8. The number of carbonyl (C=O) groups is 1. The van der Waals surface area contributed by atoms with Gasteiger partial charge in [-0.3, -0.25) is 9.36 Å². The molecule has 1 fully saturated rings. The average molecular weight is 284 g/mol. The Kier molecular flexibility index (Phi) is 4.68. The molecule has 0 spiro atoms.